The van der Waals surface area contributed by atoms with Crippen LogP contribution in [0.25, 0.3) is 0 Å². The lowest BCUT2D eigenvalue weighted by molar-refractivity contribution is -0.139. The SMILES string of the molecule is CC1CCCC(NC(=O)CN2CCN(C(=O)C(C)C3CNC3)CC2)C1. The molecule has 1 saturated carbocycles. The average molecular weight is 351 g/mol. The smallest absolute Gasteiger partial charge is 0.234 e. The zero-order valence-corrected chi connectivity index (χ0v) is 15.8. The van der Waals surface area contributed by atoms with Gasteiger partial charge in [0.25, 0.3) is 0 Å². The van der Waals surface area contributed by atoms with Gasteiger partial charge in [0.1, 0.15) is 0 Å². The lowest BCUT2D eigenvalue weighted by Crippen LogP contribution is -2.55. The average Bonchev–Trinajstić information content (AvgIpc) is 2.53. The summed E-state index contributed by atoms with van der Waals surface area (Å²) >= 11 is 0. The number of piperazine rings is 1. The van der Waals surface area contributed by atoms with Gasteiger partial charge in [0.2, 0.25) is 11.8 Å². The van der Waals surface area contributed by atoms with E-state index in [0.717, 1.165) is 58.0 Å². The third kappa shape index (κ3) is 4.94. The summed E-state index contributed by atoms with van der Waals surface area (Å²) in [6.07, 6.45) is 4.74. The van der Waals surface area contributed by atoms with Crippen molar-refractivity contribution in [2.24, 2.45) is 17.8 Å². The molecule has 0 aromatic carbocycles. The zero-order valence-electron chi connectivity index (χ0n) is 15.8. The maximum atomic E-state index is 12.6. The highest BCUT2D eigenvalue weighted by Gasteiger charge is 2.33. The standard InChI is InChI=1S/C19H34N4O2/c1-14-4-3-5-17(10-14)21-18(24)13-22-6-8-23(9-7-22)19(25)15(2)16-11-20-12-16/h14-17,20H,3-13H2,1-2H3,(H,21,24). The van der Waals surface area contributed by atoms with E-state index in [1.165, 1.54) is 12.8 Å². The number of carbonyl (C=O) groups excluding carboxylic acids is 2. The molecule has 25 heavy (non-hydrogen) atoms. The fourth-order valence-corrected chi connectivity index (χ4v) is 4.32. The van der Waals surface area contributed by atoms with Crippen LogP contribution < -0.4 is 10.6 Å². The maximum absolute atomic E-state index is 12.6. The van der Waals surface area contributed by atoms with Crippen LogP contribution in [-0.4, -0.2) is 73.5 Å². The fourth-order valence-electron chi connectivity index (χ4n) is 4.32. The third-order valence-electron chi connectivity index (χ3n) is 6.26. The van der Waals surface area contributed by atoms with Gasteiger partial charge in [-0.05, 0) is 37.8 Å². The Hall–Kier alpha value is -1.14. The van der Waals surface area contributed by atoms with E-state index in [9.17, 15) is 9.59 Å². The van der Waals surface area contributed by atoms with Crippen molar-refractivity contribution in [3.05, 3.63) is 0 Å². The summed E-state index contributed by atoms with van der Waals surface area (Å²) < 4.78 is 0. The Morgan fingerprint density at radius 3 is 2.48 bits per heavy atom. The fraction of sp³-hybridized carbons (Fsp3) is 0.895. The quantitative estimate of drug-likeness (QED) is 0.765. The van der Waals surface area contributed by atoms with Gasteiger partial charge in [-0.2, -0.15) is 0 Å². The van der Waals surface area contributed by atoms with Crippen LogP contribution in [0.2, 0.25) is 0 Å². The number of hydrogen-bond acceptors (Lipinski definition) is 4. The number of amides is 2. The molecule has 3 aliphatic rings. The second-order valence-electron chi connectivity index (χ2n) is 8.34. The van der Waals surface area contributed by atoms with Crippen LogP contribution in [0.5, 0.6) is 0 Å². The first-order chi connectivity index (χ1) is 12.0. The van der Waals surface area contributed by atoms with E-state index in [-0.39, 0.29) is 17.7 Å². The van der Waals surface area contributed by atoms with Gasteiger partial charge in [0.15, 0.2) is 0 Å². The number of nitrogens with one attached hydrogen (secondary N) is 2. The monoisotopic (exact) mass is 350 g/mol. The third-order valence-corrected chi connectivity index (χ3v) is 6.26. The Morgan fingerprint density at radius 1 is 1.16 bits per heavy atom. The van der Waals surface area contributed by atoms with Crippen molar-refractivity contribution in [3.63, 3.8) is 0 Å². The van der Waals surface area contributed by atoms with Gasteiger partial charge in [-0.25, -0.2) is 0 Å². The zero-order chi connectivity index (χ0) is 17.8. The summed E-state index contributed by atoms with van der Waals surface area (Å²) in [7, 11) is 0. The Morgan fingerprint density at radius 2 is 1.88 bits per heavy atom. The summed E-state index contributed by atoms with van der Waals surface area (Å²) in [6, 6.07) is 0.357. The van der Waals surface area contributed by atoms with Gasteiger partial charge in [-0.1, -0.05) is 26.7 Å². The van der Waals surface area contributed by atoms with Gasteiger partial charge >= 0.3 is 0 Å². The molecule has 3 rings (SSSR count). The molecule has 3 fully saturated rings. The number of rotatable bonds is 5. The lowest BCUT2D eigenvalue weighted by Gasteiger charge is -2.39. The molecule has 0 aromatic heterocycles. The van der Waals surface area contributed by atoms with Crippen LogP contribution in [0.15, 0.2) is 0 Å². The highest BCUT2D eigenvalue weighted by Crippen LogP contribution is 2.23. The summed E-state index contributed by atoms with van der Waals surface area (Å²) in [5, 5.41) is 6.45. The molecular formula is C19H34N4O2. The normalized spacial score (nSPS) is 29.8. The Kier molecular flexibility index (Phi) is 6.34. The molecule has 0 radical (unpaired) electrons. The Bertz CT molecular complexity index is 472. The van der Waals surface area contributed by atoms with Crippen molar-refractivity contribution in [3.8, 4) is 0 Å². The molecule has 6 heteroatoms. The Labute approximate surface area is 151 Å². The highest BCUT2D eigenvalue weighted by atomic mass is 16.2. The molecule has 0 aromatic rings. The van der Waals surface area contributed by atoms with E-state index >= 15 is 0 Å². The van der Waals surface area contributed by atoms with Crippen LogP contribution in [0.1, 0.15) is 39.5 Å². The van der Waals surface area contributed by atoms with Gasteiger partial charge in [-0.3, -0.25) is 14.5 Å². The first-order valence-electron chi connectivity index (χ1n) is 10.0. The highest BCUT2D eigenvalue weighted by molar-refractivity contribution is 5.79. The van der Waals surface area contributed by atoms with Crippen LogP contribution in [-0.2, 0) is 9.59 Å². The molecule has 2 N–H and O–H groups in total. The molecule has 6 nitrogen and oxygen atoms in total. The molecule has 1 aliphatic carbocycles. The van der Waals surface area contributed by atoms with E-state index in [2.05, 4.69) is 29.4 Å². The minimum Gasteiger partial charge on any atom is -0.352 e. The van der Waals surface area contributed by atoms with E-state index < -0.39 is 0 Å². The lowest BCUT2D eigenvalue weighted by atomic mass is 9.87. The molecule has 2 saturated heterocycles. The van der Waals surface area contributed by atoms with Gasteiger partial charge in [-0.15, -0.1) is 0 Å². The molecule has 2 heterocycles. The van der Waals surface area contributed by atoms with Crippen molar-refractivity contribution < 1.29 is 9.59 Å². The first kappa shape index (κ1) is 18.6. The van der Waals surface area contributed by atoms with E-state index in [1.54, 1.807) is 0 Å². The van der Waals surface area contributed by atoms with E-state index in [1.807, 2.05) is 4.90 Å². The summed E-state index contributed by atoms with van der Waals surface area (Å²) in [5.74, 6) is 1.76. The predicted molar refractivity (Wildman–Crippen MR) is 98.1 cm³/mol. The largest absolute Gasteiger partial charge is 0.352 e. The summed E-state index contributed by atoms with van der Waals surface area (Å²) in [6.45, 7) is 9.82. The summed E-state index contributed by atoms with van der Waals surface area (Å²) in [4.78, 5) is 29.0. The summed E-state index contributed by atoms with van der Waals surface area (Å²) in [5.41, 5.74) is 0. The van der Waals surface area contributed by atoms with Crippen LogP contribution in [0.3, 0.4) is 0 Å². The van der Waals surface area contributed by atoms with Gasteiger partial charge < -0.3 is 15.5 Å². The second kappa shape index (κ2) is 8.49. The molecule has 2 aliphatic heterocycles. The molecule has 3 unspecified atom stereocenters. The van der Waals surface area contributed by atoms with Gasteiger partial charge in [0, 0.05) is 38.1 Å². The van der Waals surface area contributed by atoms with Crippen LogP contribution in [0.4, 0.5) is 0 Å². The number of hydrogen-bond donors (Lipinski definition) is 2. The minimum absolute atomic E-state index is 0.115. The Balaban J connectivity index is 1.37. The molecule has 0 spiro atoms. The van der Waals surface area contributed by atoms with E-state index in [0.29, 0.717) is 18.5 Å². The predicted octanol–water partition coefficient (Wildman–Crippen LogP) is 0.681. The maximum Gasteiger partial charge on any atom is 0.234 e. The van der Waals surface area contributed by atoms with Crippen molar-refractivity contribution in [1.29, 1.82) is 0 Å². The van der Waals surface area contributed by atoms with Crippen molar-refractivity contribution >= 4 is 11.8 Å². The topological polar surface area (TPSA) is 64.7 Å². The van der Waals surface area contributed by atoms with Crippen molar-refractivity contribution in [1.82, 2.24) is 20.4 Å². The van der Waals surface area contributed by atoms with Gasteiger partial charge in [0.05, 0.1) is 6.54 Å². The molecule has 0 bridgehead atoms. The second-order valence-corrected chi connectivity index (χ2v) is 8.34. The molecule has 142 valence electrons. The number of nitrogens with zero attached hydrogens (tertiary/aromatic N) is 2. The molecule has 3 atom stereocenters. The minimum atomic E-state index is 0.115. The molecular weight excluding hydrogens is 316 g/mol. The first-order valence-corrected chi connectivity index (χ1v) is 10.0. The number of carbonyl (C=O) groups is 2. The van der Waals surface area contributed by atoms with Crippen molar-refractivity contribution in [2.75, 3.05) is 45.8 Å². The van der Waals surface area contributed by atoms with Crippen molar-refractivity contribution in [2.45, 2.75) is 45.6 Å². The van der Waals surface area contributed by atoms with Crippen LogP contribution in [0, 0.1) is 17.8 Å². The molecule has 2 amide bonds. The van der Waals surface area contributed by atoms with Crippen LogP contribution >= 0.6 is 0 Å². The van der Waals surface area contributed by atoms with E-state index in [4.69, 9.17) is 0 Å².